The zero-order valence-corrected chi connectivity index (χ0v) is 14.6. The molecule has 2 heterocycles. The molecule has 0 radical (unpaired) electrons. The standard InChI is InChI=1S/C17H15BrN4O2/c1-11-10-13(18)2-3-14(11)20-15(23)4-5-16-21-17(22-24-16)12-6-8-19-9-7-12/h2-3,6-10H,4-5H2,1H3,(H,20,23). The topological polar surface area (TPSA) is 80.9 Å². The van der Waals surface area contributed by atoms with Crippen molar-refractivity contribution >= 4 is 27.5 Å². The van der Waals surface area contributed by atoms with E-state index in [4.69, 9.17) is 4.52 Å². The van der Waals surface area contributed by atoms with Crippen LogP contribution >= 0.6 is 15.9 Å². The molecule has 1 aromatic carbocycles. The lowest BCUT2D eigenvalue weighted by atomic mass is 10.2. The van der Waals surface area contributed by atoms with Crippen LogP contribution in [0.15, 0.2) is 51.7 Å². The third-order valence-electron chi connectivity index (χ3n) is 3.44. The maximum Gasteiger partial charge on any atom is 0.227 e. The van der Waals surface area contributed by atoms with Crippen LogP contribution < -0.4 is 5.32 Å². The first-order valence-electron chi connectivity index (χ1n) is 7.41. The summed E-state index contributed by atoms with van der Waals surface area (Å²) < 4.78 is 6.17. The third kappa shape index (κ3) is 4.05. The number of nitrogens with one attached hydrogen (secondary N) is 1. The van der Waals surface area contributed by atoms with Crippen LogP contribution in [-0.2, 0) is 11.2 Å². The van der Waals surface area contributed by atoms with Crippen molar-refractivity contribution in [3.63, 3.8) is 0 Å². The summed E-state index contributed by atoms with van der Waals surface area (Å²) in [5.41, 5.74) is 2.62. The number of carbonyl (C=O) groups excluding carboxylic acids is 1. The summed E-state index contributed by atoms with van der Waals surface area (Å²) in [5, 5.41) is 6.81. The van der Waals surface area contributed by atoms with Gasteiger partial charge in [-0.1, -0.05) is 21.1 Å². The van der Waals surface area contributed by atoms with Crippen LogP contribution in [0, 0.1) is 6.92 Å². The zero-order chi connectivity index (χ0) is 16.9. The highest BCUT2D eigenvalue weighted by atomic mass is 79.9. The Labute approximate surface area is 147 Å². The van der Waals surface area contributed by atoms with Gasteiger partial charge in [0.05, 0.1) is 0 Å². The van der Waals surface area contributed by atoms with Crippen molar-refractivity contribution < 1.29 is 9.32 Å². The average molecular weight is 387 g/mol. The highest BCUT2D eigenvalue weighted by Crippen LogP contribution is 2.20. The summed E-state index contributed by atoms with van der Waals surface area (Å²) >= 11 is 3.40. The van der Waals surface area contributed by atoms with Gasteiger partial charge in [-0.2, -0.15) is 4.98 Å². The van der Waals surface area contributed by atoms with Gasteiger partial charge in [-0.25, -0.2) is 0 Å². The number of aryl methyl sites for hydroxylation is 2. The predicted molar refractivity (Wildman–Crippen MR) is 93.4 cm³/mol. The summed E-state index contributed by atoms with van der Waals surface area (Å²) in [5.74, 6) is 0.838. The van der Waals surface area contributed by atoms with E-state index in [0.717, 1.165) is 21.3 Å². The molecule has 0 atom stereocenters. The lowest BCUT2D eigenvalue weighted by molar-refractivity contribution is -0.116. The summed E-state index contributed by atoms with van der Waals surface area (Å²) in [7, 11) is 0. The number of anilines is 1. The quantitative estimate of drug-likeness (QED) is 0.721. The Hall–Kier alpha value is -2.54. The van der Waals surface area contributed by atoms with Crippen molar-refractivity contribution in [2.75, 3.05) is 5.32 Å². The van der Waals surface area contributed by atoms with Gasteiger partial charge in [-0.05, 0) is 42.8 Å². The summed E-state index contributed by atoms with van der Waals surface area (Å²) in [6.45, 7) is 1.94. The maximum atomic E-state index is 12.1. The fourth-order valence-electron chi connectivity index (χ4n) is 2.18. The van der Waals surface area contributed by atoms with E-state index in [-0.39, 0.29) is 12.3 Å². The van der Waals surface area contributed by atoms with Crippen molar-refractivity contribution in [3.8, 4) is 11.4 Å². The molecular weight excluding hydrogens is 372 g/mol. The Morgan fingerprint density at radius 3 is 2.79 bits per heavy atom. The number of amides is 1. The van der Waals surface area contributed by atoms with Gasteiger partial charge >= 0.3 is 0 Å². The van der Waals surface area contributed by atoms with Crippen LogP contribution in [0.2, 0.25) is 0 Å². The van der Waals surface area contributed by atoms with E-state index in [1.807, 2.05) is 25.1 Å². The molecule has 0 aliphatic carbocycles. The normalized spacial score (nSPS) is 10.6. The Morgan fingerprint density at radius 2 is 2.04 bits per heavy atom. The summed E-state index contributed by atoms with van der Waals surface area (Å²) in [6, 6.07) is 9.32. The lowest BCUT2D eigenvalue weighted by Gasteiger charge is -2.07. The first kappa shape index (κ1) is 16.3. The second kappa shape index (κ2) is 7.35. The van der Waals surface area contributed by atoms with Gasteiger partial charge in [0.15, 0.2) is 0 Å². The molecule has 0 unspecified atom stereocenters. The number of benzene rings is 1. The molecule has 24 heavy (non-hydrogen) atoms. The number of hydrogen-bond donors (Lipinski definition) is 1. The van der Waals surface area contributed by atoms with Gasteiger partial charge in [0.25, 0.3) is 0 Å². The molecule has 1 amide bonds. The van der Waals surface area contributed by atoms with Crippen molar-refractivity contribution in [2.45, 2.75) is 19.8 Å². The molecule has 7 heteroatoms. The molecule has 1 N–H and O–H groups in total. The lowest BCUT2D eigenvalue weighted by Crippen LogP contribution is -2.13. The van der Waals surface area contributed by atoms with Crippen molar-refractivity contribution in [1.82, 2.24) is 15.1 Å². The smallest absolute Gasteiger partial charge is 0.227 e. The molecule has 6 nitrogen and oxygen atoms in total. The number of pyridine rings is 1. The van der Waals surface area contributed by atoms with Crippen LogP contribution in [0.3, 0.4) is 0 Å². The van der Waals surface area contributed by atoms with E-state index in [1.54, 1.807) is 24.5 Å². The number of carbonyl (C=O) groups is 1. The van der Waals surface area contributed by atoms with Crippen LogP contribution in [0.1, 0.15) is 17.9 Å². The minimum atomic E-state index is -0.0934. The number of nitrogens with zero attached hydrogens (tertiary/aromatic N) is 3. The molecule has 3 rings (SSSR count). The Kier molecular flexibility index (Phi) is 5.00. The first-order valence-corrected chi connectivity index (χ1v) is 8.20. The highest BCUT2D eigenvalue weighted by Gasteiger charge is 2.11. The number of rotatable bonds is 5. The molecular formula is C17H15BrN4O2. The Balaban J connectivity index is 1.58. The van der Waals surface area contributed by atoms with Crippen molar-refractivity contribution in [1.29, 1.82) is 0 Å². The SMILES string of the molecule is Cc1cc(Br)ccc1NC(=O)CCc1nc(-c2ccncc2)no1. The van der Waals surface area contributed by atoms with Gasteiger partial charge in [0, 0.05) is 41.0 Å². The second-order valence-corrected chi connectivity index (χ2v) is 6.17. The van der Waals surface area contributed by atoms with E-state index in [2.05, 4.69) is 36.4 Å². The molecule has 0 aliphatic heterocycles. The highest BCUT2D eigenvalue weighted by molar-refractivity contribution is 9.10. The minimum absolute atomic E-state index is 0.0934. The fraction of sp³-hybridized carbons (Fsp3) is 0.176. The average Bonchev–Trinajstić information content (AvgIpc) is 3.05. The number of aromatic nitrogens is 3. The molecule has 0 fully saturated rings. The van der Waals surface area contributed by atoms with E-state index < -0.39 is 0 Å². The van der Waals surface area contributed by atoms with Crippen LogP contribution in [0.25, 0.3) is 11.4 Å². The van der Waals surface area contributed by atoms with E-state index in [1.165, 1.54) is 0 Å². The second-order valence-electron chi connectivity index (χ2n) is 5.26. The van der Waals surface area contributed by atoms with Crippen molar-refractivity contribution in [2.24, 2.45) is 0 Å². The molecule has 0 saturated heterocycles. The van der Waals surface area contributed by atoms with Gasteiger partial charge in [0.1, 0.15) is 0 Å². The summed E-state index contributed by atoms with van der Waals surface area (Å²) in [4.78, 5) is 20.3. The summed E-state index contributed by atoms with van der Waals surface area (Å²) in [6.07, 6.45) is 3.99. The van der Waals surface area contributed by atoms with Crippen molar-refractivity contribution in [3.05, 3.63) is 58.7 Å². The van der Waals surface area contributed by atoms with E-state index in [0.29, 0.717) is 18.1 Å². The molecule has 0 bridgehead atoms. The van der Waals surface area contributed by atoms with Gasteiger partial charge in [0.2, 0.25) is 17.6 Å². The van der Waals surface area contributed by atoms with Gasteiger partial charge < -0.3 is 9.84 Å². The molecule has 0 spiro atoms. The third-order valence-corrected chi connectivity index (χ3v) is 3.93. The van der Waals surface area contributed by atoms with Crippen LogP contribution in [-0.4, -0.2) is 21.0 Å². The van der Waals surface area contributed by atoms with Gasteiger partial charge in [-0.15, -0.1) is 0 Å². The van der Waals surface area contributed by atoms with E-state index >= 15 is 0 Å². The molecule has 122 valence electrons. The minimum Gasteiger partial charge on any atom is -0.339 e. The molecule has 3 aromatic rings. The Bertz CT molecular complexity index is 849. The number of halogens is 1. The Morgan fingerprint density at radius 1 is 1.25 bits per heavy atom. The number of hydrogen-bond acceptors (Lipinski definition) is 5. The monoisotopic (exact) mass is 386 g/mol. The van der Waals surface area contributed by atoms with Gasteiger partial charge in [-0.3, -0.25) is 9.78 Å². The molecule has 0 saturated carbocycles. The van der Waals surface area contributed by atoms with Crippen LogP contribution in [0.5, 0.6) is 0 Å². The molecule has 0 aliphatic rings. The van der Waals surface area contributed by atoms with E-state index in [9.17, 15) is 4.79 Å². The first-order chi connectivity index (χ1) is 11.6. The largest absolute Gasteiger partial charge is 0.339 e. The zero-order valence-electron chi connectivity index (χ0n) is 13.0. The van der Waals surface area contributed by atoms with Crippen LogP contribution in [0.4, 0.5) is 5.69 Å². The fourth-order valence-corrected chi connectivity index (χ4v) is 2.65. The predicted octanol–water partition coefficient (Wildman–Crippen LogP) is 3.77. The maximum absolute atomic E-state index is 12.1. The molecule has 2 aromatic heterocycles.